The van der Waals surface area contributed by atoms with Gasteiger partial charge in [-0.25, -0.2) is 4.98 Å². The van der Waals surface area contributed by atoms with Gasteiger partial charge in [0.2, 0.25) is 0 Å². The van der Waals surface area contributed by atoms with Crippen molar-refractivity contribution in [2.45, 2.75) is 6.92 Å². The third-order valence-electron chi connectivity index (χ3n) is 0.529. The van der Waals surface area contributed by atoms with E-state index in [1.54, 1.807) is 6.92 Å². The average molecular weight is 69.1 g/mol. The van der Waals surface area contributed by atoms with Gasteiger partial charge >= 0.3 is 0 Å². The van der Waals surface area contributed by atoms with E-state index in [-0.39, 0.29) is 5.56 Å². The molecule has 0 radical (unpaired) electrons. The van der Waals surface area contributed by atoms with Crippen LogP contribution in [0, 0.1) is 6.92 Å². The molecular weight excluding hydrogens is 66.0 g/mol. The first kappa shape index (κ1) is 2.57. The topological polar surface area (TPSA) is 30.0 Å². The van der Waals surface area contributed by atoms with Crippen molar-refractivity contribution >= 4 is 0 Å². The van der Waals surface area contributed by atoms with E-state index in [2.05, 4.69) is 4.98 Å². The van der Waals surface area contributed by atoms with Crippen LogP contribution in [0.1, 0.15) is 5.69 Å². The Balaban J connectivity index is 3.15. The van der Waals surface area contributed by atoms with Crippen molar-refractivity contribution in [1.29, 1.82) is 0 Å². The minimum atomic E-state index is -0.0370. The first-order chi connectivity index (χ1) is 2.30. The minimum absolute atomic E-state index is 0.0370. The van der Waals surface area contributed by atoms with E-state index in [9.17, 15) is 4.79 Å². The largest absolute Gasteiger partial charge is 0.291 e. The number of nitrogens with zero attached hydrogens (tertiary/aromatic N) is 1. The highest BCUT2D eigenvalue weighted by Gasteiger charge is 1.99. The van der Waals surface area contributed by atoms with Crippen molar-refractivity contribution in [3.8, 4) is 0 Å². The first-order valence-electron chi connectivity index (χ1n) is 1.40. The molecule has 0 aliphatic rings. The molecule has 0 aliphatic heterocycles. The van der Waals surface area contributed by atoms with Crippen LogP contribution in [0.4, 0.5) is 0 Å². The molecule has 0 unspecified atom stereocenters. The fourth-order valence-electron chi connectivity index (χ4n) is 0.124. The van der Waals surface area contributed by atoms with Crippen molar-refractivity contribution in [1.82, 2.24) is 4.98 Å². The SMILES string of the molecule is Cc1nc1=O. The predicted molar refractivity (Wildman–Crippen MR) is 17.6 cm³/mol. The molecule has 0 saturated carbocycles. The lowest BCUT2D eigenvalue weighted by molar-refractivity contribution is 1.50. The fraction of sp³-hybridized carbons (Fsp3) is 0.333. The molecule has 1 heterocycles. The van der Waals surface area contributed by atoms with Crippen LogP contribution in [0.2, 0.25) is 0 Å². The van der Waals surface area contributed by atoms with Crippen molar-refractivity contribution in [2.24, 2.45) is 0 Å². The van der Waals surface area contributed by atoms with Crippen molar-refractivity contribution in [3.63, 3.8) is 0 Å². The molecule has 0 atom stereocenters. The smallest absolute Gasteiger partial charge is 0.265 e. The van der Waals surface area contributed by atoms with E-state index in [1.807, 2.05) is 0 Å². The van der Waals surface area contributed by atoms with Gasteiger partial charge in [-0.1, -0.05) is 0 Å². The normalized spacial score (nSPS) is 9.80. The van der Waals surface area contributed by atoms with Crippen molar-refractivity contribution < 1.29 is 0 Å². The zero-order valence-electron chi connectivity index (χ0n) is 2.86. The number of hydrogen-bond donors (Lipinski definition) is 0. The molecule has 0 fully saturated rings. The maximum atomic E-state index is 9.68. The fourth-order valence-corrected chi connectivity index (χ4v) is 0.124. The molecule has 0 N–H and O–H groups in total. The monoisotopic (exact) mass is 69.0 g/mol. The molecule has 0 saturated heterocycles. The summed E-state index contributed by atoms with van der Waals surface area (Å²) in [5.41, 5.74) is 0.620. The van der Waals surface area contributed by atoms with Crippen LogP contribution in [0.3, 0.4) is 0 Å². The second-order valence-corrected chi connectivity index (χ2v) is 1.00. The second kappa shape index (κ2) is 0.455. The zero-order valence-corrected chi connectivity index (χ0v) is 2.86. The Kier molecular flexibility index (Phi) is 0.234. The summed E-state index contributed by atoms with van der Waals surface area (Å²) >= 11 is 0. The van der Waals surface area contributed by atoms with Crippen LogP contribution >= 0.6 is 0 Å². The van der Waals surface area contributed by atoms with Crippen molar-refractivity contribution in [3.05, 3.63) is 16.0 Å². The molecule has 0 aromatic carbocycles. The molecule has 2 nitrogen and oxygen atoms in total. The predicted octanol–water partition coefficient (Wildman–Crippen LogP) is -0.374. The van der Waals surface area contributed by atoms with Crippen molar-refractivity contribution in [2.75, 3.05) is 0 Å². The van der Waals surface area contributed by atoms with E-state index >= 15 is 0 Å². The van der Waals surface area contributed by atoms with Gasteiger partial charge in [-0.2, -0.15) is 0 Å². The first-order valence-corrected chi connectivity index (χ1v) is 1.40. The van der Waals surface area contributed by atoms with Gasteiger partial charge in [0.1, 0.15) is 5.69 Å². The highest BCUT2D eigenvalue weighted by molar-refractivity contribution is 4.98. The molecule has 2 heteroatoms. The number of hydrogen-bond acceptors (Lipinski definition) is 2. The lowest BCUT2D eigenvalue weighted by Crippen LogP contribution is -1.71. The number of rotatable bonds is 0. The molecule has 26 valence electrons. The zero-order chi connectivity index (χ0) is 3.86. The second-order valence-electron chi connectivity index (χ2n) is 1.00. The third kappa shape index (κ3) is 0.210. The Bertz CT molecular complexity index is 138. The third-order valence-corrected chi connectivity index (χ3v) is 0.529. The summed E-state index contributed by atoms with van der Waals surface area (Å²) in [4.78, 5) is 13.0. The Morgan fingerprint density at radius 2 is 2.00 bits per heavy atom. The summed E-state index contributed by atoms with van der Waals surface area (Å²) in [5, 5.41) is 0. The van der Waals surface area contributed by atoms with Crippen LogP contribution < -0.4 is 5.56 Å². The van der Waals surface area contributed by atoms with Crippen LogP contribution in [-0.4, -0.2) is 4.98 Å². The Morgan fingerprint density at radius 3 is 2.00 bits per heavy atom. The molecule has 5 heavy (non-hydrogen) atoms. The minimum Gasteiger partial charge on any atom is -0.265 e. The molecular formula is C3H3NO. The van der Waals surface area contributed by atoms with E-state index in [1.165, 1.54) is 0 Å². The molecule has 1 aromatic rings. The molecule has 0 bridgehead atoms. The van der Waals surface area contributed by atoms with Gasteiger partial charge < -0.3 is 0 Å². The van der Waals surface area contributed by atoms with Crippen LogP contribution in [-0.2, 0) is 0 Å². The van der Waals surface area contributed by atoms with Gasteiger partial charge in [0, 0.05) is 0 Å². The summed E-state index contributed by atoms with van der Waals surface area (Å²) < 4.78 is 0. The summed E-state index contributed by atoms with van der Waals surface area (Å²) in [5.74, 6) is 0. The van der Waals surface area contributed by atoms with Crippen LogP contribution in [0.5, 0.6) is 0 Å². The summed E-state index contributed by atoms with van der Waals surface area (Å²) in [6.45, 7) is 1.70. The Labute approximate surface area is 29.1 Å². The summed E-state index contributed by atoms with van der Waals surface area (Å²) in [6.07, 6.45) is 0. The van der Waals surface area contributed by atoms with Gasteiger partial charge in [-0.15, -0.1) is 0 Å². The maximum absolute atomic E-state index is 9.68. The average Bonchev–Trinajstić information content (AvgIpc) is 1.79. The molecule has 0 aliphatic carbocycles. The number of aromatic nitrogens is 1. The molecule has 1 rings (SSSR count). The standard InChI is InChI=1S/C3H3NO/c1-2-3(5)4-2/h1H3. The summed E-state index contributed by atoms with van der Waals surface area (Å²) in [6, 6.07) is 0. The van der Waals surface area contributed by atoms with E-state index < -0.39 is 0 Å². The van der Waals surface area contributed by atoms with Crippen LogP contribution in [0.15, 0.2) is 4.79 Å². The van der Waals surface area contributed by atoms with E-state index in [4.69, 9.17) is 0 Å². The number of aryl methyl sites for hydroxylation is 1. The highest BCUT2D eigenvalue weighted by atomic mass is 16.1. The summed E-state index contributed by atoms with van der Waals surface area (Å²) in [7, 11) is 0. The van der Waals surface area contributed by atoms with Gasteiger partial charge in [-0.3, -0.25) is 4.79 Å². The quantitative estimate of drug-likeness (QED) is 0.416. The van der Waals surface area contributed by atoms with E-state index in [0.717, 1.165) is 0 Å². The Hall–Kier alpha value is -0.660. The highest BCUT2D eigenvalue weighted by Crippen LogP contribution is 1.74. The molecule has 1 aromatic heterocycles. The lowest BCUT2D eigenvalue weighted by Gasteiger charge is -1.33. The Morgan fingerprint density at radius 1 is 1.80 bits per heavy atom. The van der Waals surface area contributed by atoms with Gasteiger partial charge in [0.15, 0.2) is 0 Å². The van der Waals surface area contributed by atoms with Gasteiger partial charge in [0.05, 0.1) is 0 Å². The lowest BCUT2D eigenvalue weighted by atomic mass is 10.7. The van der Waals surface area contributed by atoms with Gasteiger partial charge in [0.25, 0.3) is 5.56 Å². The van der Waals surface area contributed by atoms with Crippen LogP contribution in [0.25, 0.3) is 0 Å². The maximum Gasteiger partial charge on any atom is 0.291 e. The molecule has 0 spiro atoms. The molecule has 0 amide bonds. The van der Waals surface area contributed by atoms with Gasteiger partial charge in [-0.05, 0) is 6.92 Å². The van der Waals surface area contributed by atoms with E-state index in [0.29, 0.717) is 5.69 Å².